The van der Waals surface area contributed by atoms with E-state index in [1.54, 1.807) is 13.0 Å². The summed E-state index contributed by atoms with van der Waals surface area (Å²) in [5.74, 6) is 0.255. The molecule has 0 aliphatic heterocycles. The minimum atomic E-state index is 0.255. The van der Waals surface area contributed by atoms with Gasteiger partial charge in [0.2, 0.25) is 0 Å². The van der Waals surface area contributed by atoms with Crippen molar-refractivity contribution in [1.82, 2.24) is 0 Å². The number of ketones is 1. The first-order chi connectivity index (χ1) is 4.18. The minimum absolute atomic E-state index is 0.255. The molecule has 0 fully saturated rings. The monoisotopic (exact) mass is 125 g/mol. The summed E-state index contributed by atoms with van der Waals surface area (Å²) >= 11 is 0. The molecule has 50 valence electrons. The van der Waals surface area contributed by atoms with Gasteiger partial charge in [-0.3, -0.25) is 0 Å². The van der Waals surface area contributed by atoms with Crippen LogP contribution in [0.3, 0.4) is 0 Å². The summed E-state index contributed by atoms with van der Waals surface area (Å²) in [5, 5.41) is 7.51. The lowest BCUT2D eigenvalue weighted by Crippen LogP contribution is -1.80. The quantitative estimate of drug-likeness (QED) is 0.500. The molecule has 0 aromatic carbocycles. The van der Waals surface area contributed by atoms with Crippen LogP contribution in [0.2, 0.25) is 0 Å². The Kier molecular flexibility index (Phi) is 12.0. The van der Waals surface area contributed by atoms with Crippen LogP contribution in [0, 0.1) is 11.3 Å². The Balaban J connectivity index is 0. The highest BCUT2D eigenvalue weighted by Crippen LogP contribution is 1.71. The lowest BCUT2D eigenvalue weighted by molar-refractivity contribution is -0.116. The third-order valence-corrected chi connectivity index (χ3v) is 0.589. The van der Waals surface area contributed by atoms with Crippen molar-refractivity contribution < 1.29 is 4.79 Å². The first kappa shape index (κ1) is 10.8. The van der Waals surface area contributed by atoms with Crippen LogP contribution in [0.1, 0.15) is 20.3 Å². The van der Waals surface area contributed by atoms with Crippen molar-refractivity contribution >= 4 is 5.78 Å². The van der Waals surface area contributed by atoms with E-state index in [0.29, 0.717) is 6.42 Å². The van der Waals surface area contributed by atoms with Gasteiger partial charge in [0.1, 0.15) is 5.78 Å². The molecule has 0 saturated carbocycles. The topological polar surface area (TPSA) is 40.9 Å². The van der Waals surface area contributed by atoms with Gasteiger partial charge in [-0.1, -0.05) is 13.5 Å². The van der Waals surface area contributed by atoms with Gasteiger partial charge in [0.05, 0.1) is 6.07 Å². The summed E-state index contributed by atoms with van der Waals surface area (Å²) in [6.07, 6.45) is 1.85. The number of Topliss-reactive ketones (excluding diaryl/α,β-unsaturated/α-hetero) is 1. The fraction of sp³-hybridized carbons (Fsp3) is 0.429. The highest BCUT2D eigenvalue weighted by atomic mass is 16.1. The Hall–Kier alpha value is -1.10. The summed E-state index contributed by atoms with van der Waals surface area (Å²) in [6.45, 7) is 6.55. The van der Waals surface area contributed by atoms with E-state index in [0.717, 1.165) is 0 Å². The van der Waals surface area contributed by atoms with Crippen LogP contribution in [0.4, 0.5) is 0 Å². The molecule has 0 heterocycles. The Labute approximate surface area is 55.8 Å². The van der Waals surface area contributed by atoms with Gasteiger partial charge < -0.3 is 4.79 Å². The molecule has 0 unspecified atom stereocenters. The van der Waals surface area contributed by atoms with E-state index in [1.807, 2.05) is 6.92 Å². The summed E-state index contributed by atoms with van der Waals surface area (Å²) in [4.78, 5) is 9.81. The maximum Gasteiger partial charge on any atom is 0.129 e. The predicted molar refractivity (Wildman–Crippen MR) is 36.8 cm³/mol. The zero-order valence-corrected chi connectivity index (χ0v) is 5.85. The highest BCUT2D eigenvalue weighted by molar-refractivity contribution is 5.74. The van der Waals surface area contributed by atoms with Gasteiger partial charge in [0.15, 0.2) is 0 Å². The lowest BCUT2D eigenvalue weighted by atomic mass is 10.4. The van der Waals surface area contributed by atoms with Crippen LogP contribution >= 0.6 is 0 Å². The zero-order valence-electron chi connectivity index (χ0n) is 5.85. The summed E-state index contributed by atoms with van der Waals surface area (Å²) in [6, 6.07) is 1.69. The van der Waals surface area contributed by atoms with Crippen molar-refractivity contribution in [2.24, 2.45) is 0 Å². The summed E-state index contributed by atoms with van der Waals surface area (Å²) in [7, 11) is 0. The lowest BCUT2D eigenvalue weighted by Gasteiger charge is -1.71. The van der Waals surface area contributed by atoms with Crippen LogP contribution < -0.4 is 0 Å². The Morgan fingerprint density at radius 2 is 2.11 bits per heavy atom. The Morgan fingerprint density at radius 1 is 1.89 bits per heavy atom. The fourth-order valence-corrected chi connectivity index (χ4v) is 0. The molecule has 0 aromatic heterocycles. The molecule has 0 N–H and O–H groups in total. The highest BCUT2D eigenvalue weighted by Gasteiger charge is 1.76. The predicted octanol–water partition coefficient (Wildman–Crippen LogP) is 1.68. The molecule has 0 atom stereocenters. The third-order valence-electron chi connectivity index (χ3n) is 0.589. The number of hydrogen-bond acceptors (Lipinski definition) is 2. The molecular weight excluding hydrogens is 114 g/mol. The fourth-order valence-electron chi connectivity index (χ4n) is 0. The number of allylic oxidation sites excluding steroid dienone is 1. The second kappa shape index (κ2) is 10.0. The molecule has 0 aliphatic rings. The molecule has 2 nitrogen and oxygen atoms in total. The molecule has 0 aliphatic carbocycles. The van der Waals surface area contributed by atoms with Crippen LogP contribution in [-0.2, 0) is 4.79 Å². The van der Waals surface area contributed by atoms with Gasteiger partial charge in [-0.05, 0) is 6.92 Å². The molecule has 0 radical (unpaired) electrons. The van der Waals surface area contributed by atoms with Crippen molar-refractivity contribution in [3.63, 3.8) is 0 Å². The average molecular weight is 125 g/mol. The van der Waals surface area contributed by atoms with E-state index in [2.05, 4.69) is 6.58 Å². The molecule has 0 saturated heterocycles. The molecule has 0 spiro atoms. The second-order valence-electron chi connectivity index (χ2n) is 1.39. The van der Waals surface area contributed by atoms with Crippen molar-refractivity contribution in [2.45, 2.75) is 20.3 Å². The largest absolute Gasteiger partial charge is 0.300 e. The van der Waals surface area contributed by atoms with Crippen molar-refractivity contribution in [2.75, 3.05) is 0 Å². The normalized spacial score (nSPS) is 5.89. The van der Waals surface area contributed by atoms with E-state index in [4.69, 9.17) is 5.26 Å². The summed E-state index contributed by atoms with van der Waals surface area (Å²) in [5.41, 5.74) is 0. The molecule has 9 heavy (non-hydrogen) atoms. The number of nitrogens with zero attached hydrogens (tertiary/aromatic N) is 1. The smallest absolute Gasteiger partial charge is 0.129 e. The van der Waals surface area contributed by atoms with Gasteiger partial charge >= 0.3 is 0 Å². The molecule has 0 rings (SSSR count). The van der Waals surface area contributed by atoms with Gasteiger partial charge in [0.25, 0.3) is 0 Å². The van der Waals surface area contributed by atoms with Crippen molar-refractivity contribution in [3.05, 3.63) is 12.7 Å². The Bertz CT molecular complexity index is 121. The molecule has 0 bridgehead atoms. The van der Waals surface area contributed by atoms with Crippen molar-refractivity contribution in [3.8, 4) is 6.07 Å². The van der Waals surface area contributed by atoms with E-state index in [-0.39, 0.29) is 5.78 Å². The third kappa shape index (κ3) is 45.9. The van der Waals surface area contributed by atoms with Crippen LogP contribution in [0.15, 0.2) is 12.7 Å². The van der Waals surface area contributed by atoms with Gasteiger partial charge in [-0.15, -0.1) is 0 Å². The first-order valence-corrected chi connectivity index (χ1v) is 2.69. The minimum Gasteiger partial charge on any atom is -0.300 e. The van der Waals surface area contributed by atoms with Crippen LogP contribution in [-0.4, -0.2) is 5.78 Å². The van der Waals surface area contributed by atoms with E-state index >= 15 is 0 Å². The number of rotatable bonds is 1. The maximum atomic E-state index is 9.81. The number of nitriles is 1. The first-order valence-electron chi connectivity index (χ1n) is 2.69. The van der Waals surface area contributed by atoms with Crippen LogP contribution in [0.25, 0.3) is 0 Å². The zero-order chi connectivity index (χ0) is 7.70. The number of carbonyl (C=O) groups is 1. The number of hydrogen-bond donors (Lipinski definition) is 0. The molecule has 0 aromatic rings. The van der Waals surface area contributed by atoms with Crippen molar-refractivity contribution in [1.29, 1.82) is 5.26 Å². The average Bonchev–Trinajstić information content (AvgIpc) is 1.89. The Morgan fingerprint density at radius 3 is 2.11 bits per heavy atom. The maximum absolute atomic E-state index is 9.81. The second-order valence-corrected chi connectivity index (χ2v) is 1.39. The molecule has 2 heteroatoms. The van der Waals surface area contributed by atoms with Crippen LogP contribution in [0.5, 0.6) is 0 Å². The van der Waals surface area contributed by atoms with E-state index in [9.17, 15) is 4.79 Å². The van der Waals surface area contributed by atoms with Gasteiger partial charge in [-0.2, -0.15) is 5.26 Å². The van der Waals surface area contributed by atoms with Gasteiger partial charge in [0, 0.05) is 12.5 Å². The van der Waals surface area contributed by atoms with E-state index in [1.165, 1.54) is 6.08 Å². The summed E-state index contributed by atoms with van der Waals surface area (Å²) < 4.78 is 0. The number of carbonyl (C=O) groups excluding carboxylic acids is 1. The molecule has 0 amide bonds. The molecular formula is C7H11NO. The SMILES string of the molecule is C=CC#N.CCC(C)=O. The van der Waals surface area contributed by atoms with E-state index < -0.39 is 0 Å². The standard InChI is InChI=1S/C4H8O.C3H3N/c1-3-4(2)5;1-2-3-4/h3H2,1-2H3;2H,1H2. The van der Waals surface area contributed by atoms with Gasteiger partial charge in [-0.25, -0.2) is 0 Å².